The zero-order chi connectivity index (χ0) is 40.7. The van der Waals surface area contributed by atoms with Crippen LogP contribution < -0.4 is 16.2 Å². The van der Waals surface area contributed by atoms with Gasteiger partial charge >= 0.3 is 18.2 Å². The predicted molar refractivity (Wildman–Crippen MR) is 214 cm³/mol. The number of aromatic nitrogens is 1. The highest BCUT2D eigenvalue weighted by Gasteiger charge is 2.38. The number of H-pyrrole nitrogens is 1. The third-order valence-electron chi connectivity index (χ3n) is 9.54. The van der Waals surface area contributed by atoms with E-state index in [2.05, 4.69) is 15.6 Å². The molecule has 15 heteroatoms. The normalized spacial score (nSPS) is 13.7. The summed E-state index contributed by atoms with van der Waals surface area (Å²) in [7, 11) is -2.15. The molecule has 0 spiro atoms. The quantitative estimate of drug-likeness (QED) is 0.0796. The van der Waals surface area contributed by atoms with E-state index in [0.717, 1.165) is 10.9 Å². The standard InChI is InChI=1S/C42H44N4O10S/c1-4-54-36(34-16-11-29(20-26(34)2)38(40(48)49)44-32-12-10-28-18-19-43-39(47)35(28)22-32)25-55-41(50)45-31-13-17-37(57(52,53)33-14-15-33)30(21-31)23-46(3)42(51)56-24-27-8-6-5-7-9-27/h5-13,16-22,33,36,38,44H,4,14-15,23-25H2,1-3H3,(H,43,47)(H,45,50)(H,48,49)/t36-,38?/m0/s1. The van der Waals surface area contributed by atoms with Gasteiger partial charge in [0.1, 0.15) is 19.3 Å². The number of nitrogens with zero attached hydrogens (tertiary/aromatic N) is 1. The largest absolute Gasteiger partial charge is 0.479 e. The van der Waals surface area contributed by atoms with E-state index in [1.165, 1.54) is 30.1 Å². The summed E-state index contributed by atoms with van der Waals surface area (Å²) in [6.07, 6.45) is 0.490. The van der Waals surface area contributed by atoms with Crippen LogP contribution in [0, 0.1) is 6.92 Å². The summed E-state index contributed by atoms with van der Waals surface area (Å²) in [5.74, 6) is -1.12. The summed E-state index contributed by atoms with van der Waals surface area (Å²) < 4.78 is 43.6. The molecule has 298 valence electrons. The van der Waals surface area contributed by atoms with Gasteiger partial charge in [-0.25, -0.2) is 22.8 Å². The van der Waals surface area contributed by atoms with Gasteiger partial charge in [0, 0.05) is 36.6 Å². The van der Waals surface area contributed by atoms with Gasteiger partial charge < -0.3 is 34.5 Å². The molecule has 0 radical (unpaired) electrons. The van der Waals surface area contributed by atoms with Gasteiger partial charge in [0.2, 0.25) is 0 Å². The average Bonchev–Trinajstić information content (AvgIpc) is 4.05. The number of carboxylic acid groups (broad SMARTS) is 1. The summed E-state index contributed by atoms with van der Waals surface area (Å²) >= 11 is 0. The van der Waals surface area contributed by atoms with Crippen molar-refractivity contribution in [3.63, 3.8) is 0 Å². The first-order chi connectivity index (χ1) is 27.3. The SMILES string of the molecule is CCO[C@@H](COC(=O)Nc1ccc(S(=O)(=O)C2CC2)c(CN(C)C(=O)OCc2ccccc2)c1)c1ccc(C(Nc2ccc3cc[nH]c(=O)c3c2)C(=O)O)cc1C. The molecule has 1 aliphatic rings. The number of rotatable bonds is 16. The number of benzene rings is 4. The third kappa shape index (κ3) is 9.98. The zero-order valence-corrected chi connectivity index (χ0v) is 32.5. The van der Waals surface area contributed by atoms with Crippen LogP contribution in [-0.4, -0.2) is 67.1 Å². The predicted octanol–water partition coefficient (Wildman–Crippen LogP) is 7.11. The molecule has 2 amide bonds. The number of hydrogen-bond donors (Lipinski definition) is 4. The highest BCUT2D eigenvalue weighted by Crippen LogP contribution is 2.36. The van der Waals surface area contributed by atoms with E-state index in [9.17, 15) is 32.7 Å². The molecule has 0 saturated heterocycles. The van der Waals surface area contributed by atoms with Crippen molar-refractivity contribution in [2.45, 2.75) is 62.1 Å². The van der Waals surface area contributed by atoms with Gasteiger partial charge in [-0.1, -0.05) is 54.6 Å². The molecule has 5 aromatic rings. The van der Waals surface area contributed by atoms with Gasteiger partial charge in [-0.2, -0.15) is 0 Å². The molecule has 1 unspecified atom stereocenters. The fraction of sp³-hybridized carbons (Fsp3) is 0.286. The summed E-state index contributed by atoms with van der Waals surface area (Å²) in [6, 6.07) is 24.3. The van der Waals surface area contributed by atoms with E-state index in [-0.39, 0.29) is 35.9 Å². The number of carbonyl (C=O) groups is 3. The van der Waals surface area contributed by atoms with Crippen LogP contribution in [0.5, 0.6) is 0 Å². The number of aryl methyl sites for hydroxylation is 1. The van der Waals surface area contributed by atoms with E-state index in [1.54, 1.807) is 62.5 Å². The van der Waals surface area contributed by atoms with E-state index in [0.29, 0.717) is 52.8 Å². The molecule has 0 aliphatic heterocycles. The Balaban J connectivity index is 1.13. The van der Waals surface area contributed by atoms with Gasteiger partial charge in [-0.3, -0.25) is 10.1 Å². The molecule has 1 fully saturated rings. The van der Waals surface area contributed by atoms with Crippen molar-refractivity contribution < 1.29 is 42.1 Å². The van der Waals surface area contributed by atoms with E-state index in [1.807, 2.05) is 30.3 Å². The molecule has 4 aromatic carbocycles. The van der Waals surface area contributed by atoms with Crippen LogP contribution in [0.4, 0.5) is 21.0 Å². The Labute approximate surface area is 329 Å². The van der Waals surface area contributed by atoms with Crippen molar-refractivity contribution in [1.82, 2.24) is 9.88 Å². The smallest absolute Gasteiger partial charge is 0.411 e. The van der Waals surface area contributed by atoms with Gasteiger partial charge in [-0.05, 0) is 96.3 Å². The molecule has 1 aromatic heterocycles. The second-order valence-electron chi connectivity index (χ2n) is 13.8. The summed E-state index contributed by atoms with van der Waals surface area (Å²) in [5.41, 5.74) is 3.37. The van der Waals surface area contributed by atoms with Crippen molar-refractivity contribution in [2.24, 2.45) is 0 Å². The second kappa shape index (κ2) is 17.7. The molecule has 4 N–H and O–H groups in total. The number of pyridine rings is 1. The number of hydrogen-bond acceptors (Lipinski definition) is 10. The molecule has 0 bridgehead atoms. The van der Waals surface area contributed by atoms with E-state index in [4.69, 9.17) is 14.2 Å². The van der Waals surface area contributed by atoms with Crippen molar-refractivity contribution in [2.75, 3.05) is 30.9 Å². The second-order valence-corrected chi connectivity index (χ2v) is 16.0. The molecular weight excluding hydrogens is 753 g/mol. The topological polar surface area (TPSA) is 193 Å². The maximum absolute atomic E-state index is 13.3. The molecule has 1 saturated carbocycles. The Morgan fingerprint density at radius 1 is 0.947 bits per heavy atom. The minimum Gasteiger partial charge on any atom is -0.479 e. The van der Waals surface area contributed by atoms with E-state index >= 15 is 0 Å². The molecule has 14 nitrogen and oxygen atoms in total. The Morgan fingerprint density at radius 3 is 2.40 bits per heavy atom. The zero-order valence-electron chi connectivity index (χ0n) is 31.7. The summed E-state index contributed by atoms with van der Waals surface area (Å²) in [5, 5.41) is 16.4. The fourth-order valence-electron chi connectivity index (χ4n) is 6.47. The van der Waals surface area contributed by atoms with Crippen LogP contribution in [0.2, 0.25) is 0 Å². The van der Waals surface area contributed by atoms with Crippen molar-refractivity contribution in [1.29, 1.82) is 0 Å². The first-order valence-corrected chi connectivity index (χ1v) is 19.9. The number of ether oxygens (including phenoxy) is 3. The number of anilines is 2. The Bertz CT molecular complexity index is 2430. The Hall–Kier alpha value is -6.19. The number of carbonyl (C=O) groups excluding carboxylic acids is 2. The van der Waals surface area contributed by atoms with E-state index < -0.39 is 45.4 Å². The van der Waals surface area contributed by atoms with Crippen molar-refractivity contribution >= 4 is 50.1 Å². The molecule has 1 heterocycles. The van der Waals surface area contributed by atoms with Crippen LogP contribution >= 0.6 is 0 Å². The number of carboxylic acids is 1. The highest BCUT2D eigenvalue weighted by molar-refractivity contribution is 7.92. The number of aromatic amines is 1. The number of fused-ring (bicyclic) bond motifs is 1. The molecule has 2 atom stereocenters. The van der Waals surface area contributed by atoms with Crippen molar-refractivity contribution in [3.05, 3.63) is 135 Å². The lowest BCUT2D eigenvalue weighted by atomic mass is 9.97. The van der Waals surface area contributed by atoms with Crippen LogP contribution in [0.3, 0.4) is 0 Å². The minimum absolute atomic E-state index is 0.0490. The molecular formula is C42H44N4O10S. The van der Waals surface area contributed by atoms with Crippen LogP contribution in [0.1, 0.15) is 59.7 Å². The lowest BCUT2D eigenvalue weighted by Crippen LogP contribution is -2.28. The average molecular weight is 797 g/mol. The van der Waals surface area contributed by atoms with Gasteiger partial charge in [0.05, 0.1) is 16.7 Å². The first-order valence-electron chi connectivity index (χ1n) is 18.4. The molecule has 6 rings (SSSR count). The van der Waals surface area contributed by atoms with Crippen LogP contribution in [-0.2, 0) is 42.0 Å². The maximum atomic E-state index is 13.3. The number of amides is 2. The number of sulfone groups is 1. The minimum atomic E-state index is -3.66. The first kappa shape index (κ1) is 40.5. The third-order valence-corrected chi connectivity index (χ3v) is 11.9. The molecule has 1 aliphatic carbocycles. The highest BCUT2D eigenvalue weighted by atomic mass is 32.2. The Morgan fingerprint density at radius 2 is 1.70 bits per heavy atom. The lowest BCUT2D eigenvalue weighted by molar-refractivity contribution is -0.138. The van der Waals surface area contributed by atoms with Crippen molar-refractivity contribution in [3.8, 4) is 0 Å². The van der Waals surface area contributed by atoms with Crippen LogP contribution in [0.15, 0.2) is 107 Å². The summed E-state index contributed by atoms with van der Waals surface area (Å²) in [4.78, 5) is 54.6. The lowest BCUT2D eigenvalue weighted by Gasteiger charge is -2.22. The number of aliphatic carboxylic acids is 1. The van der Waals surface area contributed by atoms with Crippen LogP contribution in [0.25, 0.3) is 10.8 Å². The fourth-order valence-corrected chi connectivity index (χ4v) is 8.33. The number of nitrogens with one attached hydrogen (secondary N) is 3. The van der Waals surface area contributed by atoms with Gasteiger partial charge in [0.15, 0.2) is 15.9 Å². The van der Waals surface area contributed by atoms with Gasteiger partial charge in [0.25, 0.3) is 5.56 Å². The van der Waals surface area contributed by atoms with Gasteiger partial charge in [-0.15, -0.1) is 0 Å². The Kier molecular flexibility index (Phi) is 12.6. The monoisotopic (exact) mass is 796 g/mol. The molecule has 57 heavy (non-hydrogen) atoms. The summed E-state index contributed by atoms with van der Waals surface area (Å²) in [6.45, 7) is 3.65. The maximum Gasteiger partial charge on any atom is 0.411 e.